The van der Waals surface area contributed by atoms with Crippen LogP contribution >= 0.6 is 0 Å². The maximum atomic E-state index is 11.9. The third-order valence-electron chi connectivity index (χ3n) is 3.90. The molecule has 0 saturated carbocycles. The van der Waals surface area contributed by atoms with Crippen LogP contribution in [-0.2, 0) is 24.3 Å². The van der Waals surface area contributed by atoms with Gasteiger partial charge in [0, 0.05) is 32.9 Å². The SMILES string of the molecule is COCCOCCCNC(=O)/C=C/c1ccc(N2CCCS2(=O)=O)cc1. The van der Waals surface area contributed by atoms with Gasteiger partial charge in [-0.2, -0.15) is 0 Å². The van der Waals surface area contributed by atoms with Crippen LogP contribution in [0.1, 0.15) is 18.4 Å². The van der Waals surface area contributed by atoms with E-state index < -0.39 is 10.0 Å². The Morgan fingerprint density at radius 2 is 2.00 bits per heavy atom. The average Bonchev–Trinajstić information content (AvgIpc) is 2.99. The van der Waals surface area contributed by atoms with E-state index in [0.29, 0.717) is 45.0 Å². The Hall–Kier alpha value is -1.90. The zero-order valence-electron chi connectivity index (χ0n) is 15.0. The maximum absolute atomic E-state index is 11.9. The lowest BCUT2D eigenvalue weighted by molar-refractivity contribution is -0.116. The lowest BCUT2D eigenvalue weighted by Gasteiger charge is -2.16. The molecule has 2 rings (SSSR count). The summed E-state index contributed by atoms with van der Waals surface area (Å²) >= 11 is 0. The fraction of sp³-hybridized carbons (Fsp3) is 0.500. The smallest absolute Gasteiger partial charge is 0.244 e. The summed E-state index contributed by atoms with van der Waals surface area (Å²) in [7, 11) is -1.54. The molecule has 1 N–H and O–H groups in total. The monoisotopic (exact) mass is 382 g/mol. The number of rotatable bonds is 10. The van der Waals surface area contributed by atoms with E-state index in [2.05, 4.69) is 5.32 Å². The van der Waals surface area contributed by atoms with Crippen molar-refractivity contribution in [2.45, 2.75) is 12.8 Å². The molecule has 1 aromatic carbocycles. The molecule has 1 aliphatic rings. The summed E-state index contributed by atoms with van der Waals surface area (Å²) in [6.07, 6.45) is 4.56. The summed E-state index contributed by atoms with van der Waals surface area (Å²) in [5.74, 6) is 0.0276. The number of carbonyl (C=O) groups excluding carboxylic acids is 1. The Bertz CT molecular complexity index is 701. The van der Waals surface area contributed by atoms with Gasteiger partial charge in [0.2, 0.25) is 15.9 Å². The molecule has 1 aliphatic heterocycles. The zero-order chi connectivity index (χ0) is 18.8. The van der Waals surface area contributed by atoms with Gasteiger partial charge < -0.3 is 14.8 Å². The van der Waals surface area contributed by atoms with Crippen molar-refractivity contribution >= 4 is 27.7 Å². The first-order valence-electron chi connectivity index (χ1n) is 8.66. The standard InChI is InChI=1S/C18H26N2O5S/c1-24-13-14-25-12-2-10-19-18(21)9-6-16-4-7-17(8-5-16)20-11-3-15-26(20,22)23/h4-9H,2-3,10-15H2,1H3,(H,19,21)/b9-6+. The van der Waals surface area contributed by atoms with Crippen LogP contribution in [0.25, 0.3) is 6.08 Å². The fourth-order valence-corrected chi connectivity index (χ4v) is 4.11. The third kappa shape index (κ3) is 6.44. The van der Waals surface area contributed by atoms with Crippen molar-refractivity contribution in [3.63, 3.8) is 0 Å². The van der Waals surface area contributed by atoms with Crippen molar-refractivity contribution in [2.75, 3.05) is 50.1 Å². The van der Waals surface area contributed by atoms with Crippen LogP contribution in [0.15, 0.2) is 30.3 Å². The van der Waals surface area contributed by atoms with Crippen LogP contribution in [0, 0.1) is 0 Å². The first-order valence-corrected chi connectivity index (χ1v) is 10.3. The topological polar surface area (TPSA) is 84.9 Å². The van der Waals surface area contributed by atoms with Gasteiger partial charge in [0.05, 0.1) is 24.7 Å². The highest BCUT2D eigenvalue weighted by Crippen LogP contribution is 2.24. The first kappa shape index (κ1) is 20.4. The zero-order valence-corrected chi connectivity index (χ0v) is 15.8. The number of nitrogens with one attached hydrogen (secondary N) is 1. The van der Waals surface area contributed by atoms with Gasteiger partial charge in [0.25, 0.3) is 0 Å². The number of amides is 1. The second-order valence-corrected chi connectivity index (χ2v) is 7.93. The van der Waals surface area contributed by atoms with Gasteiger partial charge >= 0.3 is 0 Å². The van der Waals surface area contributed by atoms with E-state index in [1.165, 1.54) is 10.4 Å². The number of hydrogen-bond acceptors (Lipinski definition) is 5. The normalized spacial score (nSPS) is 16.3. The van der Waals surface area contributed by atoms with Crippen LogP contribution in [0.3, 0.4) is 0 Å². The molecule has 1 fully saturated rings. The third-order valence-corrected chi connectivity index (χ3v) is 5.77. The molecule has 1 aromatic rings. The lowest BCUT2D eigenvalue weighted by Crippen LogP contribution is -2.24. The van der Waals surface area contributed by atoms with Crippen LogP contribution < -0.4 is 9.62 Å². The molecule has 7 nitrogen and oxygen atoms in total. The molecule has 8 heteroatoms. The van der Waals surface area contributed by atoms with Crippen molar-refractivity contribution in [1.82, 2.24) is 5.32 Å². The predicted octanol–water partition coefficient (Wildman–Crippen LogP) is 1.41. The van der Waals surface area contributed by atoms with Crippen LogP contribution in [0.4, 0.5) is 5.69 Å². The van der Waals surface area contributed by atoms with Gasteiger partial charge in [-0.05, 0) is 36.6 Å². The second kappa shape index (κ2) is 10.3. The number of carbonyl (C=O) groups is 1. The molecule has 0 aromatic heterocycles. The molecule has 1 amide bonds. The minimum atomic E-state index is -3.17. The first-order chi connectivity index (χ1) is 12.5. The number of nitrogens with zero attached hydrogens (tertiary/aromatic N) is 1. The number of hydrogen-bond donors (Lipinski definition) is 1. The molecule has 0 spiro atoms. The molecule has 0 unspecified atom stereocenters. The van der Waals surface area contributed by atoms with Crippen molar-refractivity contribution in [1.29, 1.82) is 0 Å². The second-order valence-electron chi connectivity index (χ2n) is 5.92. The summed E-state index contributed by atoms with van der Waals surface area (Å²) in [5, 5.41) is 2.79. The quantitative estimate of drug-likeness (QED) is 0.489. The number of ether oxygens (including phenoxy) is 2. The average molecular weight is 382 g/mol. The van der Waals surface area contributed by atoms with Gasteiger partial charge in [-0.15, -0.1) is 0 Å². The van der Waals surface area contributed by atoms with Gasteiger partial charge in [0.1, 0.15) is 0 Å². The lowest BCUT2D eigenvalue weighted by atomic mass is 10.2. The molecular weight excluding hydrogens is 356 g/mol. The molecular formula is C18H26N2O5S. The van der Waals surface area contributed by atoms with E-state index in [1.807, 2.05) is 0 Å². The van der Waals surface area contributed by atoms with Gasteiger partial charge in [0.15, 0.2) is 0 Å². The van der Waals surface area contributed by atoms with Crippen LogP contribution in [0.2, 0.25) is 0 Å². The van der Waals surface area contributed by atoms with Crippen molar-refractivity contribution in [2.24, 2.45) is 0 Å². The molecule has 0 bridgehead atoms. The van der Waals surface area contributed by atoms with E-state index >= 15 is 0 Å². The molecule has 26 heavy (non-hydrogen) atoms. The highest BCUT2D eigenvalue weighted by molar-refractivity contribution is 7.93. The highest BCUT2D eigenvalue weighted by atomic mass is 32.2. The molecule has 1 saturated heterocycles. The summed E-state index contributed by atoms with van der Waals surface area (Å²) in [6, 6.07) is 7.13. The molecule has 144 valence electrons. The van der Waals surface area contributed by atoms with E-state index in [1.54, 1.807) is 37.5 Å². The van der Waals surface area contributed by atoms with Gasteiger partial charge in [-0.1, -0.05) is 12.1 Å². The summed E-state index contributed by atoms with van der Waals surface area (Å²) in [5.41, 5.74) is 1.50. The molecule has 0 aliphatic carbocycles. The minimum Gasteiger partial charge on any atom is -0.382 e. The molecule has 0 atom stereocenters. The Balaban J connectivity index is 1.73. The van der Waals surface area contributed by atoms with Crippen LogP contribution in [-0.4, -0.2) is 60.1 Å². The van der Waals surface area contributed by atoms with Crippen molar-refractivity contribution in [3.8, 4) is 0 Å². The Kier molecular flexibility index (Phi) is 8.08. The number of methoxy groups -OCH3 is 1. The predicted molar refractivity (Wildman–Crippen MR) is 102 cm³/mol. The Morgan fingerprint density at radius 3 is 2.65 bits per heavy atom. The van der Waals surface area contributed by atoms with Gasteiger partial charge in [-0.25, -0.2) is 8.42 Å². The van der Waals surface area contributed by atoms with Gasteiger partial charge in [-0.3, -0.25) is 9.10 Å². The fourth-order valence-electron chi connectivity index (χ4n) is 2.54. The summed E-state index contributed by atoms with van der Waals surface area (Å²) in [6.45, 7) is 2.77. The highest BCUT2D eigenvalue weighted by Gasteiger charge is 2.28. The Morgan fingerprint density at radius 1 is 1.23 bits per heavy atom. The molecule has 0 radical (unpaired) electrons. The summed E-state index contributed by atoms with van der Waals surface area (Å²) in [4.78, 5) is 11.8. The number of benzene rings is 1. The number of sulfonamides is 1. The summed E-state index contributed by atoms with van der Waals surface area (Å²) < 4.78 is 35.4. The maximum Gasteiger partial charge on any atom is 0.244 e. The van der Waals surface area contributed by atoms with E-state index in [-0.39, 0.29) is 11.7 Å². The van der Waals surface area contributed by atoms with E-state index in [4.69, 9.17) is 9.47 Å². The van der Waals surface area contributed by atoms with Crippen molar-refractivity contribution < 1.29 is 22.7 Å². The molecule has 1 heterocycles. The van der Waals surface area contributed by atoms with E-state index in [0.717, 1.165) is 12.0 Å². The number of anilines is 1. The van der Waals surface area contributed by atoms with Crippen molar-refractivity contribution in [3.05, 3.63) is 35.9 Å². The minimum absolute atomic E-state index is 0.173. The Labute approximate surface area is 155 Å². The largest absolute Gasteiger partial charge is 0.382 e. The van der Waals surface area contributed by atoms with Crippen LogP contribution in [0.5, 0.6) is 0 Å². The van der Waals surface area contributed by atoms with E-state index in [9.17, 15) is 13.2 Å².